The molecule has 1 saturated heterocycles. The van der Waals surface area contributed by atoms with E-state index in [0.717, 1.165) is 21.9 Å². The van der Waals surface area contributed by atoms with Crippen molar-refractivity contribution in [3.05, 3.63) is 68.5 Å². The van der Waals surface area contributed by atoms with E-state index >= 15 is 0 Å². The lowest BCUT2D eigenvalue weighted by atomic mass is 9.92. The number of aliphatic hydroxyl groups excluding tert-OH is 1. The molecule has 222 valence electrons. The average Bonchev–Trinajstić information content (AvgIpc) is 3.14. The second kappa shape index (κ2) is 13.3. The number of thioether (sulfide) groups is 1. The summed E-state index contributed by atoms with van der Waals surface area (Å²) < 4.78 is 31.7. The molecule has 0 saturated carbocycles. The third-order valence-electron chi connectivity index (χ3n) is 6.90. The minimum atomic E-state index is -3.99. The number of aromatic amines is 1. The topological polar surface area (TPSA) is 169 Å². The molecule has 2 unspecified atom stereocenters. The molecule has 2 aromatic rings. The van der Waals surface area contributed by atoms with Gasteiger partial charge in [0.05, 0.1) is 13.2 Å². The molecule has 0 amide bonds. The van der Waals surface area contributed by atoms with Gasteiger partial charge in [0, 0.05) is 29.5 Å². The molecule has 14 heteroatoms. The van der Waals surface area contributed by atoms with E-state index in [1.54, 1.807) is 0 Å². The summed E-state index contributed by atoms with van der Waals surface area (Å²) in [5.74, 6) is 0.246. The van der Waals surface area contributed by atoms with Crippen molar-refractivity contribution in [1.29, 1.82) is 0 Å². The molecule has 12 nitrogen and oxygen atoms in total. The molecule has 0 aliphatic carbocycles. The van der Waals surface area contributed by atoms with Crippen LogP contribution in [-0.2, 0) is 29.7 Å². The van der Waals surface area contributed by atoms with E-state index in [2.05, 4.69) is 10.1 Å². The van der Waals surface area contributed by atoms with Crippen LogP contribution in [0.2, 0.25) is 0 Å². The standard InChI is InChI=1S/C26H38N3O9PS/c1-6-25(3,4)23(32)40-13-12-36-39(35,27-14-18-10-8-7-9-11-18)37-16-19-20(30)26(5,34)22(38-19)29-15-17(2)21(31)28-24(29)33/h7-11,15,19-20,22,30,34H,6,12-14,16H2,1-5H3,(H,27,35)(H,28,31,33)/t19-,20?,22-,26+,39?/m1/s1. The van der Waals surface area contributed by atoms with E-state index in [-0.39, 0.29) is 29.6 Å². The van der Waals surface area contributed by atoms with Crippen molar-refractivity contribution in [3.63, 3.8) is 0 Å². The first kappa shape index (κ1) is 32.4. The van der Waals surface area contributed by atoms with Crippen LogP contribution in [0.1, 0.15) is 51.5 Å². The van der Waals surface area contributed by atoms with Crippen LogP contribution in [0.5, 0.6) is 0 Å². The average molecular weight is 600 g/mol. The van der Waals surface area contributed by atoms with E-state index in [9.17, 15) is 29.2 Å². The molecule has 0 spiro atoms. The Bertz CT molecular complexity index is 1330. The third kappa shape index (κ3) is 7.80. The van der Waals surface area contributed by atoms with Gasteiger partial charge in [-0.1, -0.05) is 62.9 Å². The Balaban J connectivity index is 1.71. The predicted octanol–water partition coefficient (Wildman–Crippen LogP) is 2.48. The normalized spacial score (nSPS) is 24.6. The molecule has 1 fully saturated rings. The highest BCUT2D eigenvalue weighted by Gasteiger charge is 2.54. The maximum absolute atomic E-state index is 13.7. The molecule has 1 aliphatic rings. The lowest BCUT2D eigenvalue weighted by Gasteiger charge is -2.27. The molecule has 2 heterocycles. The highest BCUT2D eigenvalue weighted by molar-refractivity contribution is 8.13. The molecule has 0 radical (unpaired) electrons. The monoisotopic (exact) mass is 599 g/mol. The summed E-state index contributed by atoms with van der Waals surface area (Å²) in [5, 5.41) is 24.6. The summed E-state index contributed by atoms with van der Waals surface area (Å²) in [7, 11) is -3.99. The summed E-state index contributed by atoms with van der Waals surface area (Å²) in [6.07, 6.45) is -2.19. The van der Waals surface area contributed by atoms with Crippen LogP contribution in [0.3, 0.4) is 0 Å². The molecular formula is C26H38N3O9PS. The van der Waals surface area contributed by atoms with Crippen molar-refractivity contribution in [2.24, 2.45) is 5.41 Å². The van der Waals surface area contributed by atoms with E-state index in [1.807, 2.05) is 51.1 Å². The minimum absolute atomic E-state index is 0.00455. The number of aryl methyl sites for hydroxylation is 1. The number of aliphatic hydroxyl groups is 2. The largest absolute Gasteiger partial charge is 0.405 e. The lowest BCUT2D eigenvalue weighted by molar-refractivity contribution is -0.118. The van der Waals surface area contributed by atoms with Crippen LogP contribution in [-0.4, -0.2) is 61.7 Å². The maximum atomic E-state index is 13.7. The molecule has 0 bridgehead atoms. The van der Waals surface area contributed by atoms with E-state index in [0.29, 0.717) is 6.42 Å². The van der Waals surface area contributed by atoms with Gasteiger partial charge in [-0.25, -0.2) is 14.4 Å². The van der Waals surface area contributed by atoms with Gasteiger partial charge in [-0.15, -0.1) is 0 Å². The zero-order chi connectivity index (χ0) is 29.7. The molecule has 40 heavy (non-hydrogen) atoms. The Hall–Kier alpha value is -2.09. The quantitative estimate of drug-likeness (QED) is 0.197. The third-order valence-corrected chi connectivity index (χ3v) is 9.64. The van der Waals surface area contributed by atoms with Gasteiger partial charge in [-0.3, -0.25) is 28.2 Å². The van der Waals surface area contributed by atoms with E-state index < -0.39 is 55.1 Å². The molecule has 1 aromatic carbocycles. The Labute approximate surface area is 237 Å². The Morgan fingerprint density at radius 2 is 1.95 bits per heavy atom. The van der Waals surface area contributed by atoms with Crippen LogP contribution in [0.15, 0.2) is 46.1 Å². The number of nitrogens with zero attached hydrogens (tertiary/aromatic N) is 1. The summed E-state index contributed by atoms with van der Waals surface area (Å²) in [4.78, 5) is 38.7. The SMILES string of the molecule is CCC(C)(C)C(=O)SCCOP(=O)(NCc1ccccc1)OC[C@H]1O[C@@H](n2cc(C)c(=O)[nH]c2=O)[C@@](C)(O)C1O. The second-order valence-corrected chi connectivity index (χ2v) is 13.4. The van der Waals surface area contributed by atoms with Gasteiger partial charge in [0.1, 0.15) is 17.8 Å². The number of ether oxygens (including phenoxy) is 1. The Morgan fingerprint density at radius 3 is 2.60 bits per heavy atom. The van der Waals surface area contributed by atoms with Crippen LogP contribution in [0.4, 0.5) is 0 Å². The summed E-state index contributed by atoms with van der Waals surface area (Å²) in [6.45, 7) is 8.04. The number of hydrogen-bond donors (Lipinski definition) is 4. The van der Waals surface area contributed by atoms with Gasteiger partial charge in [0.2, 0.25) is 0 Å². The van der Waals surface area contributed by atoms with Gasteiger partial charge < -0.3 is 14.9 Å². The molecule has 1 aliphatic heterocycles. The lowest BCUT2D eigenvalue weighted by Crippen LogP contribution is -2.47. The molecular weight excluding hydrogens is 561 g/mol. The minimum Gasteiger partial charge on any atom is -0.387 e. The van der Waals surface area contributed by atoms with E-state index in [1.165, 1.54) is 20.0 Å². The first-order chi connectivity index (χ1) is 18.7. The van der Waals surface area contributed by atoms with Gasteiger partial charge >= 0.3 is 13.4 Å². The number of nitrogens with one attached hydrogen (secondary N) is 2. The smallest absolute Gasteiger partial charge is 0.387 e. The van der Waals surface area contributed by atoms with Crippen molar-refractivity contribution < 1.29 is 33.4 Å². The zero-order valence-corrected chi connectivity index (χ0v) is 25.0. The summed E-state index contributed by atoms with van der Waals surface area (Å²) in [6, 6.07) is 9.15. The van der Waals surface area contributed by atoms with Crippen molar-refractivity contribution in [3.8, 4) is 0 Å². The van der Waals surface area contributed by atoms with E-state index in [4.69, 9.17) is 13.8 Å². The number of hydrogen-bond acceptors (Lipinski definition) is 10. The van der Waals surface area contributed by atoms with Gasteiger partial charge in [0.25, 0.3) is 5.56 Å². The molecule has 3 rings (SSSR count). The fourth-order valence-electron chi connectivity index (χ4n) is 3.85. The van der Waals surface area contributed by atoms with Crippen LogP contribution < -0.4 is 16.3 Å². The Kier molecular flexibility index (Phi) is 10.7. The molecule has 4 N–H and O–H groups in total. The van der Waals surface area contributed by atoms with Crippen molar-refractivity contribution in [2.45, 2.75) is 71.6 Å². The fraction of sp³-hybridized carbons (Fsp3) is 0.577. The van der Waals surface area contributed by atoms with Gasteiger partial charge in [0.15, 0.2) is 11.3 Å². The summed E-state index contributed by atoms with van der Waals surface area (Å²) >= 11 is 1.08. The van der Waals surface area contributed by atoms with Crippen LogP contribution in [0, 0.1) is 12.3 Å². The van der Waals surface area contributed by atoms with Gasteiger partial charge in [-0.2, -0.15) is 0 Å². The van der Waals surface area contributed by atoms with Crippen LogP contribution >= 0.6 is 19.5 Å². The number of rotatable bonds is 13. The van der Waals surface area contributed by atoms with Crippen molar-refractivity contribution in [2.75, 3.05) is 19.0 Å². The van der Waals surface area contributed by atoms with Crippen LogP contribution in [0.25, 0.3) is 0 Å². The fourth-order valence-corrected chi connectivity index (χ4v) is 6.17. The number of H-pyrrole nitrogens is 1. The molecule has 5 atom stereocenters. The van der Waals surface area contributed by atoms with Crippen molar-refractivity contribution >= 4 is 24.6 Å². The Morgan fingerprint density at radius 1 is 1.27 bits per heavy atom. The number of carbonyl (C=O) groups excluding carboxylic acids is 1. The number of aromatic nitrogens is 2. The molecule has 1 aromatic heterocycles. The van der Waals surface area contributed by atoms with Crippen molar-refractivity contribution in [1.82, 2.24) is 14.6 Å². The maximum Gasteiger partial charge on any atom is 0.405 e. The zero-order valence-electron chi connectivity index (χ0n) is 23.3. The number of benzene rings is 1. The first-order valence-electron chi connectivity index (χ1n) is 12.9. The highest BCUT2D eigenvalue weighted by Crippen LogP contribution is 2.46. The second-order valence-electron chi connectivity index (χ2n) is 10.5. The predicted molar refractivity (Wildman–Crippen MR) is 151 cm³/mol. The first-order valence-corrected chi connectivity index (χ1v) is 15.5. The highest BCUT2D eigenvalue weighted by atomic mass is 32.2. The van der Waals surface area contributed by atoms with Gasteiger partial charge in [-0.05, 0) is 25.8 Å². The summed E-state index contributed by atoms with van der Waals surface area (Å²) in [5.41, 5.74) is -2.83. The number of carbonyl (C=O) groups is 1.